The quantitative estimate of drug-likeness (QED) is 0.879. The van der Waals surface area contributed by atoms with Crippen molar-refractivity contribution < 1.29 is 18.7 Å². The zero-order valence-electron chi connectivity index (χ0n) is 15.3. The Morgan fingerprint density at radius 3 is 2.41 bits per heavy atom. The van der Waals surface area contributed by atoms with Gasteiger partial charge in [0.15, 0.2) is 0 Å². The SMILES string of the molecule is CCOc1ccc(C(=O)N2CCC(NC(=O)c3ccccc3F)CC2)cc1. The predicted molar refractivity (Wildman–Crippen MR) is 100 cm³/mol. The molecule has 1 N–H and O–H groups in total. The zero-order valence-corrected chi connectivity index (χ0v) is 15.3. The number of hydrogen-bond acceptors (Lipinski definition) is 3. The molecule has 1 fully saturated rings. The Kier molecular flexibility index (Phi) is 6.06. The van der Waals surface area contributed by atoms with Crippen LogP contribution in [0.15, 0.2) is 48.5 Å². The molecule has 2 aromatic rings. The normalized spacial score (nSPS) is 14.7. The number of nitrogens with one attached hydrogen (secondary N) is 1. The van der Waals surface area contributed by atoms with Crippen LogP contribution in [0.3, 0.4) is 0 Å². The number of piperidine rings is 1. The van der Waals surface area contributed by atoms with Crippen molar-refractivity contribution >= 4 is 11.8 Å². The van der Waals surface area contributed by atoms with Crippen molar-refractivity contribution in [2.24, 2.45) is 0 Å². The Balaban J connectivity index is 1.53. The van der Waals surface area contributed by atoms with E-state index in [1.54, 1.807) is 41.3 Å². The Labute approximate surface area is 158 Å². The third kappa shape index (κ3) is 4.64. The average molecular weight is 370 g/mol. The fourth-order valence-electron chi connectivity index (χ4n) is 3.18. The number of halogens is 1. The number of hydrogen-bond donors (Lipinski definition) is 1. The van der Waals surface area contributed by atoms with Gasteiger partial charge in [-0.25, -0.2) is 4.39 Å². The van der Waals surface area contributed by atoms with Gasteiger partial charge in [0, 0.05) is 24.7 Å². The molecule has 2 amide bonds. The number of nitrogens with zero attached hydrogens (tertiary/aromatic N) is 1. The van der Waals surface area contributed by atoms with Gasteiger partial charge in [0.1, 0.15) is 11.6 Å². The predicted octanol–water partition coefficient (Wildman–Crippen LogP) is 3.26. The van der Waals surface area contributed by atoms with Crippen molar-refractivity contribution in [3.63, 3.8) is 0 Å². The van der Waals surface area contributed by atoms with Gasteiger partial charge in [0.2, 0.25) is 0 Å². The molecule has 142 valence electrons. The van der Waals surface area contributed by atoms with Crippen LogP contribution in [-0.4, -0.2) is 42.5 Å². The number of ether oxygens (including phenoxy) is 1. The van der Waals surface area contributed by atoms with Crippen molar-refractivity contribution in [1.82, 2.24) is 10.2 Å². The minimum Gasteiger partial charge on any atom is -0.494 e. The largest absolute Gasteiger partial charge is 0.494 e. The molecule has 0 saturated carbocycles. The fraction of sp³-hybridized carbons (Fsp3) is 0.333. The number of rotatable bonds is 5. The van der Waals surface area contributed by atoms with Crippen LogP contribution in [0.5, 0.6) is 5.75 Å². The summed E-state index contributed by atoms with van der Waals surface area (Å²) < 4.78 is 19.1. The summed E-state index contributed by atoms with van der Waals surface area (Å²) in [7, 11) is 0. The van der Waals surface area contributed by atoms with E-state index in [4.69, 9.17) is 4.74 Å². The Bertz CT molecular complexity index is 799. The highest BCUT2D eigenvalue weighted by molar-refractivity contribution is 5.95. The van der Waals surface area contributed by atoms with Crippen LogP contribution in [0.25, 0.3) is 0 Å². The summed E-state index contributed by atoms with van der Waals surface area (Å²) >= 11 is 0. The van der Waals surface area contributed by atoms with Crippen LogP contribution in [0.2, 0.25) is 0 Å². The van der Waals surface area contributed by atoms with Crippen LogP contribution in [0, 0.1) is 5.82 Å². The average Bonchev–Trinajstić information content (AvgIpc) is 2.69. The van der Waals surface area contributed by atoms with E-state index in [0.29, 0.717) is 38.1 Å². The minimum absolute atomic E-state index is 0.0306. The van der Waals surface area contributed by atoms with Crippen molar-refractivity contribution in [1.29, 1.82) is 0 Å². The van der Waals surface area contributed by atoms with E-state index in [1.807, 2.05) is 6.92 Å². The number of benzene rings is 2. The van der Waals surface area contributed by atoms with Gasteiger partial charge in [-0.2, -0.15) is 0 Å². The van der Waals surface area contributed by atoms with Crippen LogP contribution < -0.4 is 10.1 Å². The first-order valence-corrected chi connectivity index (χ1v) is 9.16. The van der Waals surface area contributed by atoms with Crippen molar-refractivity contribution in [3.05, 3.63) is 65.5 Å². The van der Waals surface area contributed by atoms with Crippen molar-refractivity contribution in [2.45, 2.75) is 25.8 Å². The first kappa shape index (κ1) is 18.9. The summed E-state index contributed by atoms with van der Waals surface area (Å²) in [6, 6.07) is 13.0. The second kappa shape index (κ2) is 8.66. The highest BCUT2D eigenvalue weighted by Gasteiger charge is 2.25. The van der Waals surface area contributed by atoms with Crippen LogP contribution in [0.4, 0.5) is 4.39 Å². The third-order valence-corrected chi connectivity index (χ3v) is 4.65. The Morgan fingerprint density at radius 2 is 1.78 bits per heavy atom. The second-order valence-corrected chi connectivity index (χ2v) is 6.48. The Hall–Kier alpha value is -2.89. The van der Waals surface area contributed by atoms with E-state index in [-0.39, 0.29) is 17.5 Å². The first-order chi connectivity index (χ1) is 13.1. The molecule has 3 rings (SSSR count). The van der Waals surface area contributed by atoms with Gasteiger partial charge in [-0.05, 0) is 56.2 Å². The summed E-state index contributed by atoms with van der Waals surface area (Å²) in [6.45, 7) is 3.59. The molecule has 0 unspecified atom stereocenters. The summed E-state index contributed by atoms with van der Waals surface area (Å²) in [5, 5.41) is 2.86. The molecule has 0 atom stereocenters. The van der Waals surface area contributed by atoms with Gasteiger partial charge in [0.05, 0.1) is 12.2 Å². The molecule has 6 heteroatoms. The van der Waals surface area contributed by atoms with E-state index < -0.39 is 11.7 Å². The summed E-state index contributed by atoms with van der Waals surface area (Å²) in [6.07, 6.45) is 1.28. The van der Waals surface area contributed by atoms with Gasteiger partial charge in [-0.3, -0.25) is 9.59 Å². The zero-order chi connectivity index (χ0) is 19.2. The lowest BCUT2D eigenvalue weighted by Gasteiger charge is -2.32. The lowest BCUT2D eigenvalue weighted by molar-refractivity contribution is 0.0698. The van der Waals surface area contributed by atoms with E-state index in [9.17, 15) is 14.0 Å². The molecule has 1 heterocycles. The second-order valence-electron chi connectivity index (χ2n) is 6.48. The lowest BCUT2D eigenvalue weighted by Crippen LogP contribution is -2.46. The van der Waals surface area contributed by atoms with Gasteiger partial charge in [0.25, 0.3) is 11.8 Å². The van der Waals surface area contributed by atoms with Crippen molar-refractivity contribution in [2.75, 3.05) is 19.7 Å². The van der Waals surface area contributed by atoms with Crippen molar-refractivity contribution in [3.8, 4) is 5.75 Å². The standard InChI is InChI=1S/C21H23FN2O3/c1-2-27-17-9-7-15(8-10-17)21(26)24-13-11-16(12-14-24)23-20(25)18-5-3-4-6-19(18)22/h3-10,16H,2,11-14H2,1H3,(H,23,25). The number of carbonyl (C=O) groups excluding carboxylic acids is 2. The molecule has 1 saturated heterocycles. The molecule has 27 heavy (non-hydrogen) atoms. The van der Waals surface area contributed by atoms with Crippen LogP contribution in [0.1, 0.15) is 40.5 Å². The summed E-state index contributed by atoms with van der Waals surface area (Å²) in [5.41, 5.74) is 0.665. The van der Waals surface area contributed by atoms with Gasteiger partial charge in [-0.1, -0.05) is 12.1 Å². The molecule has 0 radical (unpaired) electrons. The summed E-state index contributed by atoms with van der Waals surface area (Å²) in [5.74, 6) is -0.233. The van der Waals surface area contributed by atoms with E-state index in [1.165, 1.54) is 12.1 Å². The highest BCUT2D eigenvalue weighted by atomic mass is 19.1. The fourth-order valence-corrected chi connectivity index (χ4v) is 3.18. The van der Waals surface area contributed by atoms with E-state index in [0.717, 1.165) is 5.75 Å². The van der Waals surface area contributed by atoms with Gasteiger partial charge in [-0.15, -0.1) is 0 Å². The maximum Gasteiger partial charge on any atom is 0.254 e. The molecular weight excluding hydrogens is 347 g/mol. The maximum atomic E-state index is 13.7. The molecule has 2 aromatic carbocycles. The maximum absolute atomic E-state index is 13.7. The summed E-state index contributed by atoms with van der Waals surface area (Å²) in [4.78, 5) is 26.6. The van der Waals surface area contributed by atoms with Gasteiger partial charge >= 0.3 is 0 Å². The molecule has 1 aliphatic rings. The highest BCUT2D eigenvalue weighted by Crippen LogP contribution is 2.18. The molecule has 0 aromatic heterocycles. The minimum atomic E-state index is -0.530. The number of amides is 2. The van der Waals surface area contributed by atoms with E-state index >= 15 is 0 Å². The van der Waals surface area contributed by atoms with Gasteiger partial charge < -0.3 is 15.0 Å². The molecule has 0 bridgehead atoms. The molecule has 0 spiro atoms. The Morgan fingerprint density at radius 1 is 1.11 bits per heavy atom. The number of likely N-dealkylation sites (tertiary alicyclic amines) is 1. The van der Waals surface area contributed by atoms with Crippen LogP contribution in [-0.2, 0) is 0 Å². The molecule has 0 aliphatic carbocycles. The van der Waals surface area contributed by atoms with E-state index in [2.05, 4.69) is 5.32 Å². The molecule has 5 nitrogen and oxygen atoms in total. The first-order valence-electron chi connectivity index (χ1n) is 9.16. The molecule has 1 aliphatic heterocycles. The smallest absolute Gasteiger partial charge is 0.254 e. The van der Waals surface area contributed by atoms with Crippen LogP contribution >= 0.6 is 0 Å². The molecular formula is C21H23FN2O3. The third-order valence-electron chi connectivity index (χ3n) is 4.65. The lowest BCUT2D eigenvalue weighted by atomic mass is 10.0. The number of carbonyl (C=O) groups is 2. The topological polar surface area (TPSA) is 58.6 Å². The monoisotopic (exact) mass is 370 g/mol.